The Kier molecular flexibility index (Phi) is 5.40. The minimum absolute atomic E-state index is 0.168. The molecule has 0 saturated carbocycles. The monoisotopic (exact) mass is 422 g/mol. The first-order valence-corrected chi connectivity index (χ1v) is 9.25. The number of nitrogens with one attached hydrogen (secondary N) is 1. The summed E-state index contributed by atoms with van der Waals surface area (Å²) >= 11 is 0. The van der Waals surface area contributed by atoms with Gasteiger partial charge in [-0.2, -0.15) is 4.98 Å². The Morgan fingerprint density at radius 2 is 1.94 bits per heavy atom. The summed E-state index contributed by atoms with van der Waals surface area (Å²) in [7, 11) is 0. The van der Waals surface area contributed by atoms with E-state index in [2.05, 4.69) is 15.5 Å². The number of nitrogens with zero attached hydrogens (tertiary/aromatic N) is 3. The maximum atomic E-state index is 13.7. The number of carbonyl (C=O) groups excluding carboxylic acids is 1. The summed E-state index contributed by atoms with van der Waals surface area (Å²) in [6, 6.07) is 13.0. The van der Waals surface area contributed by atoms with Crippen molar-refractivity contribution in [2.45, 2.75) is 13.5 Å². The lowest BCUT2D eigenvalue weighted by Crippen LogP contribution is -2.27. The van der Waals surface area contributed by atoms with E-state index in [4.69, 9.17) is 4.52 Å². The molecular formula is C22H16F2N4O3. The van der Waals surface area contributed by atoms with Crippen LogP contribution >= 0.6 is 0 Å². The average Bonchev–Trinajstić information content (AvgIpc) is 3.23. The van der Waals surface area contributed by atoms with Crippen molar-refractivity contribution in [2.24, 2.45) is 0 Å². The van der Waals surface area contributed by atoms with Crippen LogP contribution < -0.4 is 10.9 Å². The highest BCUT2D eigenvalue weighted by molar-refractivity contribution is 5.90. The van der Waals surface area contributed by atoms with Crippen LogP contribution in [0.25, 0.3) is 22.8 Å². The highest BCUT2D eigenvalue weighted by atomic mass is 19.1. The molecule has 1 N–H and O–H groups in total. The van der Waals surface area contributed by atoms with Crippen molar-refractivity contribution in [3.8, 4) is 22.8 Å². The summed E-state index contributed by atoms with van der Waals surface area (Å²) in [6.07, 6.45) is 1.39. The number of carbonyl (C=O) groups is 1. The first-order valence-electron chi connectivity index (χ1n) is 9.25. The molecule has 0 bridgehead atoms. The van der Waals surface area contributed by atoms with E-state index in [1.165, 1.54) is 18.3 Å². The fourth-order valence-corrected chi connectivity index (χ4v) is 2.96. The fourth-order valence-electron chi connectivity index (χ4n) is 2.96. The average molecular weight is 422 g/mol. The molecule has 0 radical (unpaired) electrons. The maximum absolute atomic E-state index is 13.7. The van der Waals surface area contributed by atoms with Gasteiger partial charge >= 0.3 is 0 Å². The lowest BCUT2D eigenvalue weighted by atomic mass is 10.1. The first-order chi connectivity index (χ1) is 14.9. The van der Waals surface area contributed by atoms with E-state index in [-0.39, 0.29) is 11.6 Å². The van der Waals surface area contributed by atoms with Gasteiger partial charge in [-0.15, -0.1) is 0 Å². The molecule has 2 heterocycles. The van der Waals surface area contributed by atoms with Gasteiger partial charge < -0.3 is 14.4 Å². The third-order valence-electron chi connectivity index (χ3n) is 4.45. The Balaban J connectivity index is 1.56. The third kappa shape index (κ3) is 4.55. The highest BCUT2D eigenvalue weighted by Gasteiger charge is 2.14. The zero-order chi connectivity index (χ0) is 22.0. The molecule has 0 aliphatic rings. The van der Waals surface area contributed by atoms with Crippen molar-refractivity contribution >= 4 is 11.6 Å². The number of hydrogen-bond acceptors (Lipinski definition) is 5. The van der Waals surface area contributed by atoms with Crippen LogP contribution in [0.5, 0.6) is 0 Å². The molecule has 1 amide bonds. The summed E-state index contributed by atoms with van der Waals surface area (Å²) in [5, 5.41) is 6.21. The number of halogens is 2. The molecule has 0 saturated heterocycles. The number of aromatic nitrogens is 3. The van der Waals surface area contributed by atoms with Gasteiger partial charge in [0.1, 0.15) is 18.2 Å². The summed E-state index contributed by atoms with van der Waals surface area (Å²) < 4.78 is 33.4. The van der Waals surface area contributed by atoms with Gasteiger partial charge in [-0.1, -0.05) is 28.9 Å². The van der Waals surface area contributed by atoms with Crippen LogP contribution in [0.3, 0.4) is 0 Å². The van der Waals surface area contributed by atoms with Gasteiger partial charge in [-0.05, 0) is 31.2 Å². The second kappa shape index (κ2) is 8.31. The second-order valence-corrected chi connectivity index (χ2v) is 6.85. The van der Waals surface area contributed by atoms with Crippen LogP contribution in [0.1, 0.15) is 5.56 Å². The molecular weight excluding hydrogens is 406 g/mol. The van der Waals surface area contributed by atoms with Crippen LogP contribution in [-0.4, -0.2) is 20.6 Å². The topological polar surface area (TPSA) is 90.0 Å². The lowest BCUT2D eigenvalue weighted by molar-refractivity contribution is -0.116. The molecule has 0 atom stereocenters. The van der Waals surface area contributed by atoms with Crippen molar-refractivity contribution in [1.29, 1.82) is 0 Å². The van der Waals surface area contributed by atoms with Crippen molar-refractivity contribution in [3.63, 3.8) is 0 Å². The Hall–Kier alpha value is -4.14. The van der Waals surface area contributed by atoms with Crippen LogP contribution in [-0.2, 0) is 11.3 Å². The van der Waals surface area contributed by atoms with E-state index in [1.54, 1.807) is 0 Å². The molecule has 0 aliphatic heterocycles. The lowest BCUT2D eigenvalue weighted by Gasteiger charge is -2.09. The molecule has 0 unspecified atom stereocenters. The SMILES string of the molecule is Cc1cccc(-c2noc(-c3ccc(=O)n(CC(=O)Nc4cc(F)ccc4F)c3)n2)c1. The van der Waals surface area contributed by atoms with E-state index >= 15 is 0 Å². The zero-order valence-corrected chi connectivity index (χ0v) is 16.3. The predicted octanol–water partition coefficient (Wildman–Crippen LogP) is 3.79. The van der Waals surface area contributed by atoms with Crippen molar-refractivity contribution < 1.29 is 18.1 Å². The first kappa shape index (κ1) is 20.1. The normalized spacial score (nSPS) is 10.8. The van der Waals surface area contributed by atoms with E-state index < -0.39 is 29.6 Å². The largest absolute Gasteiger partial charge is 0.334 e. The van der Waals surface area contributed by atoms with Gasteiger partial charge in [-0.25, -0.2) is 8.78 Å². The third-order valence-corrected chi connectivity index (χ3v) is 4.45. The number of anilines is 1. The van der Waals surface area contributed by atoms with Crippen molar-refractivity contribution in [1.82, 2.24) is 14.7 Å². The van der Waals surface area contributed by atoms with Gasteiger partial charge in [0.2, 0.25) is 11.7 Å². The summed E-state index contributed by atoms with van der Waals surface area (Å²) in [4.78, 5) is 28.8. The van der Waals surface area contributed by atoms with Gasteiger partial charge in [0.05, 0.1) is 11.3 Å². The number of aryl methyl sites for hydroxylation is 1. The molecule has 31 heavy (non-hydrogen) atoms. The summed E-state index contributed by atoms with van der Waals surface area (Å²) in [6.45, 7) is 1.53. The second-order valence-electron chi connectivity index (χ2n) is 6.85. The van der Waals surface area contributed by atoms with Gasteiger partial charge in [0.15, 0.2) is 0 Å². The van der Waals surface area contributed by atoms with Crippen LogP contribution in [0.2, 0.25) is 0 Å². The molecule has 9 heteroatoms. The van der Waals surface area contributed by atoms with Gasteiger partial charge in [0.25, 0.3) is 11.4 Å². The number of hydrogen-bond donors (Lipinski definition) is 1. The Morgan fingerprint density at radius 3 is 2.74 bits per heavy atom. The molecule has 156 valence electrons. The van der Waals surface area contributed by atoms with Crippen LogP contribution in [0, 0.1) is 18.6 Å². The van der Waals surface area contributed by atoms with E-state index in [0.717, 1.165) is 33.9 Å². The maximum Gasteiger partial charge on any atom is 0.259 e. The van der Waals surface area contributed by atoms with Gasteiger partial charge in [-0.3, -0.25) is 9.59 Å². The minimum atomic E-state index is -0.787. The Bertz CT molecular complexity index is 1330. The molecule has 0 aliphatic carbocycles. The molecule has 0 spiro atoms. The zero-order valence-electron chi connectivity index (χ0n) is 16.3. The van der Waals surface area contributed by atoms with Crippen LogP contribution in [0.4, 0.5) is 14.5 Å². The molecule has 2 aromatic carbocycles. The van der Waals surface area contributed by atoms with E-state index in [9.17, 15) is 18.4 Å². The number of pyridine rings is 1. The molecule has 0 fully saturated rings. The fraction of sp³-hybridized carbons (Fsp3) is 0.0909. The molecule has 4 aromatic rings. The van der Waals surface area contributed by atoms with Gasteiger partial charge in [0, 0.05) is 23.9 Å². The molecule has 7 nitrogen and oxygen atoms in total. The van der Waals surface area contributed by atoms with Crippen LogP contribution in [0.15, 0.2) is 70.1 Å². The molecule has 2 aromatic heterocycles. The minimum Gasteiger partial charge on any atom is -0.334 e. The summed E-state index contributed by atoms with van der Waals surface area (Å²) in [5.74, 6) is -1.63. The predicted molar refractivity (Wildman–Crippen MR) is 109 cm³/mol. The number of benzene rings is 2. The quantitative estimate of drug-likeness (QED) is 0.529. The standard InChI is InChI=1S/C22H16F2N4O3/c1-13-3-2-4-14(9-13)21-26-22(31-27-21)15-5-8-20(30)28(11-15)12-19(29)25-18-10-16(23)6-7-17(18)24/h2-11H,12H2,1H3,(H,25,29). The van der Waals surface area contributed by atoms with E-state index in [0.29, 0.717) is 11.4 Å². The summed E-state index contributed by atoms with van der Waals surface area (Å²) in [5.41, 5.74) is 1.47. The Labute approximate surface area is 175 Å². The Morgan fingerprint density at radius 1 is 1.10 bits per heavy atom. The van der Waals surface area contributed by atoms with E-state index in [1.807, 2.05) is 31.2 Å². The molecule has 4 rings (SSSR count). The number of amides is 1. The number of rotatable bonds is 5. The smallest absolute Gasteiger partial charge is 0.259 e. The van der Waals surface area contributed by atoms with Crippen molar-refractivity contribution in [2.75, 3.05) is 5.32 Å². The highest BCUT2D eigenvalue weighted by Crippen LogP contribution is 2.22. The van der Waals surface area contributed by atoms with Crippen molar-refractivity contribution in [3.05, 3.63) is 88.3 Å².